The Morgan fingerprint density at radius 1 is 1.00 bits per heavy atom. The van der Waals surface area contributed by atoms with Crippen molar-refractivity contribution < 1.29 is 4.79 Å². The van der Waals surface area contributed by atoms with E-state index in [0.717, 1.165) is 35.7 Å². The summed E-state index contributed by atoms with van der Waals surface area (Å²) in [5.74, 6) is 0.768. The van der Waals surface area contributed by atoms with E-state index in [0.29, 0.717) is 5.69 Å². The molecule has 0 aliphatic rings. The monoisotopic (exact) mass is 361 g/mol. The highest BCUT2D eigenvalue weighted by Gasteiger charge is 2.04. The predicted octanol–water partition coefficient (Wildman–Crippen LogP) is 3.55. The number of aromatic nitrogens is 2. The number of pyridine rings is 2. The van der Waals surface area contributed by atoms with E-state index in [1.807, 2.05) is 43.3 Å². The van der Waals surface area contributed by atoms with Crippen molar-refractivity contribution in [2.24, 2.45) is 0 Å². The molecule has 0 atom stereocenters. The number of carbonyl (C=O) groups excluding carboxylic acids is 1. The van der Waals surface area contributed by atoms with E-state index in [9.17, 15) is 4.79 Å². The lowest BCUT2D eigenvalue weighted by Crippen LogP contribution is -2.21. The maximum Gasteiger partial charge on any atom is 0.243 e. The lowest BCUT2D eigenvalue weighted by molar-refractivity contribution is -0.114. The Morgan fingerprint density at radius 2 is 1.85 bits per heavy atom. The van der Waals surface area contributed by atoms with Crippen molar-refractivity contribution in [3.63, 3.8) is 0 Å². The van der Waals surface area contributed by atoms with Crippen LogP contribution in [0.1, 0.15) is 18.2 Å². The molecular formula is C21H23N5O. The summed E-state index contributed by atoms with van der Waals surface area (Å²) < 4.78 is 0. The summed E-state index contributed by atoms with van der Waals surface area (Å²) in [6, 6.07) is 17.6. The van der Waals surface area contributed by atoms with Gasteiger partial charge in [0.25, 0.3) is 0 Å². The average Bonchev–Trinajstić information content (AvgIpc) is 2.68. The van der Waals surface area contributed by atoms with Gasteiger partial charge in [0.1, 0.15) is 5.82 Å². The van der Waals surface area contributed by atoms with E-state index < -0.39 is 0 Å². The molecule has 0 radical (unpaired) electrons. The molecule has 3 rings (SSSR count). The minimum absolute atomic E-state index is 0.117. The van der Waals surface area contributed by atoms with E-state index in [1.54, 1.807) is 24.5 Å². The molecule has 0 unspecified atom stereocenters. The molecule has 1 aromatic carbocycles. The smallest absolute Gasteiger partial charge is 0.243 e. The Bertz CT molecular complexity index is 883. The molecule has 1 amide bonds. The van der Waals surface area contributed by atoms with Crippen LogP contribution in [0.4, 0.5) is 17.2 Å². The summed E-state index contributed by atoms with van der Waals surface area (Å²) in [5.41, 5.74) is 3.72. The van der Waals surface area contributed by atoms with Crippen LogP contribution in [0.25, 0.3) is 0 Å². The maximum absolute atomic E-state index is 12.0. The first-order valence-electron chi connectivity index (χ1n) is 8.95. The second-order valence-corrected chi connectivity index (χ2v) is 6.07. The maximum atomic E-state index is 12.0. The van der Waals surface area contributed by atoms with Crippen molar-refractivity contribution in [2.45, 2.75) is 13.3 Å². The lowest BCUT2D eigenvalue weighted by Gasteiger charge is -2.10. The van der Waals surface area contributed by atoms with Gasteiger partial charge in [-0.25, -0.2) is 4.98 Å². The van der Waals surface area contributed by atoms with Crippen molar-refractivity contribution in [1.82, 2.24) is 9.97 Å². The number of nitrogens with zero attached hydrogens (tertiary/aromatic N) is 2. The molecule has 0 saturated heterocycles. The summed E-state index contributed by atoms with van der Waals surface area (Å²) in [5, 5.41) is 9.19. The first-order valence-corrected chi connectivity index (χ1v) is 8.95. The third-order valence-corrected chi connectivity index (χ3v) is 3.88. The quantitative estimate of drug-likeness (QED) is 0.572. The predicted molar refractivity (Wildman–Crippen MR) is 109 cm³/mol. The number of benzene rings is 1. The fourth-order valence-corrected chi connectivity index (χ4v) is 2.68. The molecule has 6 heteroatoms. The fraction of sp³-hybridized carbons (Fsp3) is 0.190. The molecule has 0 spiro atoms. The van der Waals surface area contributed by atoms with Crippen molar-refractivity contribution >= 4 is 23.1 Å². The number of amides is 1. The van der Waals surface area contributed by atoms with Crippen molar-refractivity contribution in [1.29, 1.82) is 0 Å². The van der Waals surface area contributed by atoms with Crippen LogP contribution in [0.15, 0.2) is 67.0 Å². The third-order valence-electron chi connectivity index (χ3n) is 3.88. The largest absolute Gasteiger partial charge is 0.376 e. The minimum Gasteiger partial charge on any atom is -0.376 e. The average molecular weight is 361 g/mol. The Hall–Kier alpha value is -3.41. The summed E-state index contributed by atoms with van der Waals surface area (Å²) in [4.78, 5) is 20.6. The first-order chi connectivity index (χ1) is 13.2. The molecule has 2 heterocycles. The number of hydrogen-bond acceptors (Lipinski definition) is 5. The molecule has 6 nitrogen and oxygen atoms in total. The molecule has 27 heavy (non-hydrogen) atoms. The number of hydrogen-bond donors (Lipinski definition) is 3. The zero-order chi connectivity index (χ0) is 18.9. The molecule has 0 aliphatic heterocycles. The molecule has 0 fully saturated rings. The normalized spacial score (nSPS) is 10.3. The third kappa shape index (κ3) is 5.81. The van der Waals surface area contributed by atoms with Crippen molar-refractivity contribution in [3.8, 4) is 0 Å². The second-order valence-electron chi connectivity index (χ2n) is 6.07. The van der Waals surface area contributed by atoms with Gasteiger partial charge in [-0.2, -0.15) is 0 Å². The Kier molecular flexibility index (Phi) is 6.35. The summed E-state index contributed by atoms with van der Waals surface area (Å²) in [6.45, 7) is 3.08. The van der Waals surface area contributed by atoms with Gasteiger partial charge in [0.15, 0.2) is 0 Å². The summed E-state index contributed by atoms with van der Waals surface area (Å²) in [7, 11) is 0. The molecule has 138 valence electrons. The Morgan fingerprint density at radius 3 is 2.67 bits per heavy atom. The van der Waals surface area contributed by atoms with Gasteiger partial charge >= 0.3 is 0 Å². The highest BCUT2D eigenvalue weighted by molar-refractivity contribution is 5.93. The zero-order valence-corrected chi connectivity index (χ0v) is 15.3. The topological polar surface area (TPSA) is 78.9 Å². The van der Waals surface area contributed by atoms with Gasteiger partial charge < -0.3 is 16.0 Å². The molecule has 3 aromatic rings. The molecule has 0 saturated carbocycles. The van der Waals surface area contributed by atoms with Crippen molar-refractivity contribution in [2.75, 3.05) is 29.0 Å². The summed E-state index contributed by atoms with van der Waals surface area (Å²) >= 11 is 0. The molecule has 0 bridgehead atoms. The van der Waals surface area contributed by atoms with Gasteiger partial charge in [-0.05, 0) is 48.9 Å². The number of carbonyl (C=O) groups is 1. The van der Waals surface area contributed by atoms with Crippen LogP contribution in [0.2, 0.25) is 0 Å². The van der Waals surface area contributed by atoms with Gasteiger partial charge in [-0.15, -0.1) is 0 Å². The van der Waals surface area contributed by atoms with Gasteiger partial charge in [0, 0.05) is 30.5 Å². The van der Waals surface area contributed by atoms with Crippen LogP contribution in [-0.4, -0.2) is 29.0 Å². The molecule has 0 aliphatic carbocycles. The molecule has 3 N–H and O–H groups in total. The first kappa shape index (κ1) is 18.4. The standard InChI is InChI=1S/C21H23N5O/c1-2-23-20-10-4-8-18(25-20)13-16-6-3-7-17(12-16)24-15-21(27)26-19-9-5-11-22-14-19/h3-12,14,24H,2,13,15H2,1H3,(H,23,25)(H,26,27). The number of anilines is 3. The van der Waals surface area contributed by atoms with Crippen LogP contribution in [0, 0.1) is 0 Å². The fourth-order valence-electron chi connectivity index (χ4n) is 2.68. The second kappa shape index (κ2) is 9.33. The van der Waals surface area contributed by atoms with Gasteiger partial charge in [0.05, 0.1) is 18.4 Å². The van der Waals surface area contributed by atoms with E-state index in [-0.39, 0.29) is 12.5 Å². The van der Waals surface area contributed by atoms with E-state index >= 15 is 0 Å². The minimum atomic E-state index is -0.117. The lowest BCUT2D eigenvalue weighted by atomic mass is 10.1. The van der Waals surface area contributed by atoms with E-state index in [2.05, 4.69) is 32.0 Å². The van der Waals surface area contributed by atoms with Crippen LogP contribution in [-0.2, 0) is 11.2 Å². The van der Waals surface area contributed by atoms with E-state index in [1.165, 1.54) is 0 Å². The van der Waals surface area contributed by atoms with Crippen molar-refractivity contribution in [3.05, 3.63) is 78.2 Å². The SMILES string of the molecule is CCNc1cccc(Cc2cccc(NCC(=O)Nc3cccnc3)c2)n1. The van der Waals surface area contributed by atoms with Crippen LogP contribution in [0.5, 0.6) is 0 Å². The number of nitrogens with one attached hydrogen (secondary N) is 3. The van der Waals surface area contributed by atoms with Crippen LogP contribution < -0.4 is 16.0 Å². The zero-order valence-electron chi connectivity index (χ0n) is 15.3. The number of rotatable bonds is 8. The molecule has 2 aromatic heterocycles. The summed E-state index contributed by atoms with van der Waals surface area (Å²) in [6.07, 6.45) is 4.02. The Labute approximate surface area is 159 Å². The van der Waals surface area contributed by atoms with Gasteiger partial charge in [-0.1, -0.05) is 18.2 Å². The highest BCUT2D eigenvalue weighted by atomic mass is 16.1. The molecular weight excluding hydrogens is 338 g/mol. The Balaban J connectivity index is 1.57. The van der Waals surface area contributed by atoms with Gasteiger partial charge in [0.2, 0.25) is 5.91 Å². The van der Waals surface area contributed by atoms with Gasteiger partial charge in [-0.3, -0.25) is 9.78 Å². The van der Waals surface area contributed by atoms with Crippen LogP contribution in [0.3, 0.4) is 0 Å². The highest BCUT2D eigenvalue weighted by Crippen LogP contribution is 2.15. The van der Waals surface area contributed by atoms with E-state index in [4.69, 9.17) is 0 Å². The van der Waals surface area contributed by atoms with Crippen LogP contribution >= 0.6 is 0 Å².